The highest BCUT2D eigenvalue weighted by atomic mass is 19.1. The van der Waals surface area contributed by atoms with E-state index in [1.165, 1.54) is 5.56 Å². The van der Waals surface area contributed by atoms with Crippen molar-refractivity contribution in [1.29, 1.82) is 0 Å². The number of allylic oxidation sites excluding steroid dienone is 3. The second-order valence-electron chi connectivity index (χ2n) is 6.50. The Morgan fingerprint density at radius 3 is 2.33 bits per heavy atom. The average molecular weight is 360 g/mol. The summed E-state index contributed by atoms with van der Waals surface area (Å²) in [6, 6.07) is 18.1. The van der Waals surface area contributed by atoms with Crippen molar-refractivity contribution < 1.29 is 9.13 Å². The normalized spacial score (nSPS) is 11.7. The molecule has 0 atom stereocenters. The summed E-state index contributed by atoms with van der Waals surface area (Å²) in [5, 5.41) is 1.46. The molecule has 0 bridgehead atoms. The maximum atomic E-state index is 14.7. The van der Waals surface area contributed by atoms with Gasteiger partial charge in [0.2, 0.25) is 0 Å². The zero-order chi connectivity index (χ0) is 19.1. The highest BCUT2D eigenvalue weighted by Gasteiger charge is 2.09. The van der Waals surface area contributed by atoms with Gasteiger partial charge in [0, 0.05) is 5.39 Å². The predicted molar refractivity (Wildman–Crippen MR) is 113 cm³/mol. The largest absolute Gasteiger partial charge is 0.486 e. The fourth-order valence-corrected chi connectivity index (χ4v) is 3.08. The lowest BCUT2D eigenvalue weighted by Gasteiger charge is -2.09. The van der Waals surface area contributed by atoms with Gasteiger partial charge >= 0.3 is 0 Å². The van der Waals surface area contributed by atoms with Gasteiger partial charge in [0.15, 0.2) is 11.6 Å². The molecular formula is C25H25FO. The summed E-state index contributed by atoms with van der Waals surface area (Å²) in [5.41, 5.74) is 3.55. The first-order valence-electron chi connectivity index (χ1n) is 9.39. The van der Waals surface area contributed by atoms with Crippen LogP contribution in [0.2, 0.25) is 0 Å². The minimum Gasteiger partial charge on any atom is -0.486 e. The Morgan fingerprint density at radius 2 is 1.59 bits per heavy atom. The first-order chi connectivity index (χ1) is 13.2. The molecule has 0 aliphatic rings. The first kappa shape index (κ1) is 18.9. The molecule has 1 nitrogen and oxygen atoms in total. The molecule has 0 aliphatic heterocycles. The molecule has 0 saturated heterocycles. The van der Waals surface area contributed by atoms with Crippen molar-refractivity contribution in [3.8, 4) is 16.9 Å². The molecule has 27 heavy (non-hydrogen) atoms. The number of hydrogen-bond donors (Lipinski definition) is 0. The second kappa shape index (κ2) is 9.18. The molecule has 0 saturated carbocycles. The summed E-state index contributed by atoms with van der Waals surface area (Å²) in [6.45, 7) is 4.33. The third kappa shape index (κ3) is 4.65. The number of ether oxygens (including phenoxy) is 1. The molecule has 3 aromatic carbocycles. The molecule has 0 fully saturated rings. The number of rotatable bonds is 7. The third-order valence-corrected chi connectivity index (χ3v) is 4.61. The van der Waals surface area contributed by atoms with E-state index >= 15 is 0 Å². The van der Waals surface area contributed by atoms with Crippen molar-refractivity contribution in [2.24, 2.45) is 0 Å². The van der Waals surface area contributed by atoms with E-state index in [1.54, 1.807) is 6.07 Å². The maximum Gasteiger partial charge on any atom is 0.172 e. The van der Waals surface area contributed by atoms with Crippen LogP contribution in [0.3, 0.4) is 0 Å². The predicted octanol–water partition coefficient (Wildman–Crippen LogP) is 7.11. The fraction of sp³-hybridized carbons (Fsp3) is 0.200. The van der Waals surface area contributed by atoms with Crippen LogP contribution in [0.15, 0.2) is 78.9 Å². The van der Waals surface area contributed by atoms with E-state index in [2.05, 4.69) is 36.4 Å². The minimum atomic E-state index is -0.303. The van der Waals surface area contributed by atoms with Crippen LogP contribution in [0, 0.1) is 5.82 Å². The molecule has 0 aromatic heterocycles. The number of fused-ring (bicyclic) bond motifs is 1. The number of aryl methyl sites for hydroxylation is 1. The van der Waals surface area contributed by atoms with Crippen molar-refractivity contribution in [2.75, 3.05) is 6.61 Å². The summed E-state index contributed by atoms with van der Waals surface area (Å²) in [7, 11) is 0. The van der Waals surface area contributed by atoms with Crippen LogP contribution in [0.25, 0.3) is 21.9 Å². The Balaban J connectivity index is 1.83. The SMILES string of the molecule is CC=CCOc1ccc2cc(-c3ccc(CC/C=C/C)cc3)ccc2c1F. The van der Waals surface area contributed by atoms with Gasteiger partial charge in [0.25, 0.3) is 0 Å². The Morgan fingerprint density at radius 1 is 0.852 bits per heavy atom. The van der Waals surface area contributed by atoms with Crippen LogP contribution in [0.4, 0.5) is 4.39 Å². The Hall–Kier alpha value is -2.87. The topological polar surface area (TPSA) is 9.23 Å². The van der Waals surface area contributed by atoms with E-state index < -0.39 is 0 Å². The molecule has 0 unspecified atom stereocenters. The van der Waals surface area contributed by atoms with Gasteiger partial charge in [-0.3, -0.25) is 0 Å². The minimum absolute atomic E-state index is 0.291. The van der Waals surface area contributed by atoms with Crippen molar-refractivity contribution >= 4 is 10.8 Å². The Bertz CT molecular complexity index is 952. The van der Waals surface area contributed by atoms with E-state index in [9.17, 15) is 4.39 Å². The molecule has 0 heterocycles. The molecule has 2 heteroatoms. The van der Waals surface area contributed by atoms with Crippen LogP contribution in [-0.4, -0.2) is 6.61 Å². The van der Waals surface area contributed by atoms with Crippen LogP contribution in [-0.2, 0) is 6.42 Å². The monoisotopic (exact) mass is 360 g/mol. The van der Waals surface area contributed by atoms with Crippen molar-refractivity contribution in [2.45, 2.75) is 26.7 Å². The van der Waals surface area contributed by atoms with Crippen LogP contribution >= 0.6 is 0 Å². The molecule has 0 aliphatic carbocycles. The Kier molecular flexibility index (Phi) is 6.43. The zero-order valence-electron chi connectivity index (χ0n) is 15.9. The molecule has 0 radical (unpaired) electrons. The standard InChI is InChI=1S/C25H25FO/c1-3-5-7-8-19-9-11-20(12-10-19)21-13-15-23-22(18-21)14-16-24(25(23)26)27-17-6-4-2/h3-6,9-16,18H,7-8,17H2,1-2H3/b5-3+,6-4?. The first-order valence-corrected chi connectivity index (χ1v) is 9.39. The van der Waals surface area contributed by atoms with Crippen LogP contribution < -0.4 is 4.74 Å². The summed E-state index contributed by atoms with van der Waals surface area (Å²) in [6.07, 6.45) is 10.1. The highest BCUT2D eigenvalue weighted by Crippen LogP contribution is 2.30. The number of hydrogen-bond acceptors (Lipinski definition) is 1. The zero-order valence-corrected chi connectivity index (χ0v) is 15.9. The van der Waals surface area contributed by atoms with Gasteiger partial charge in [0.1, 0.15) is 6.61 Å². The van der Waals surface area contributed by atoms with E-state index in [0.717, 1.165) is 29.4 Å². The van der Waals surface area contributed by atoms with E-state index in [4.69, 9.17) is 4.74 Å². The van der Waals surface area contributed by atoms with Crippen LogP contribution in [0.1, 0.15) is 25.8 Å². The number of halogens is 1. The van der Waals surface area contributed by atoms with Gasteiger partial charge in [-0.05, 0) is 60.9 Å². The van der Waals surface area contributed by atoms with Gasteiger partial charge in [-0.2, -0.15) is 0 Å². The lowest BCUT2D eigenvalue weighted by Crippen LogP contribution is -1.96. The molecule has 3 aromatic rings. The lowest BCUT2D eigenvalue weighted by molar-refractivity contribution is 0.343. The molecule has 3 rings (SSSR count). The van der Waals surface area contributed by atoms with Gasteiger partial charge in [0.05, 0.1) is 0 Å². The van der Waals surface area contributed by atoms with Gasteiger partial charge < -0.3 is 4.74 Å². The second-order valence-corrected chi connectivity index (χ2v) is 6.50. The highest BCUT2D eigenvalue weighted by molar-refractivity contribution is 5.89. The summed E-state index contributed by atoms with van der Waals surface area (Å²) < 4.78 is 20.2. The fourth-order valence-electron chi connectivity index (χ4n) is 3.08. The average Bonchev–Trinajstić information content (AvgIpc) is 2.70. The maximum absolute atomic E-state index is 14.7. The molecule has 0 N–H and O–H groups in total. The van der Waals surface area contributed by atoms with Gasteiger partial charge in [-0.25, -0.2) is 4.39 Å². The summed E-state index contributed by atoms with van der Waals surface area (Å²) >= 11 is 0. The summed E-state index contributed by atoms with van der Waals surface area (Å²) in [5.74, 6) is -0.0123. The smallest absolute Gasteiger partial charge is 0.172 e. The molecule has 0 spiro atoms. The van der Waals surface area contributed by atoms with Gasteiger partial charge in [-0.15, -0.1) is 0 Å². The Labute approximate surface area is 160 Å². The van der Waals surface area contributed by atoms with E-state index in [1.807, 2.05) is 50.3 Å². The molecule has 138 valence electrons. The lowest BCUT2D eigenvalue weighted by atomic mass is 9.99. The number of benzene rings is 3. The van der Waals surface area contributed by atoms with E-state index in [0.29, 0.717) is 17.7 Å². The third-order valence-electron chi connectivity index (χ3n) is 4.61. The van der Waals surface area contributed by atoms with Crippen molar-refractivity contribution in [3.05, 3.63) is 90.3 Å². The summed E-state index contributed by atoms with van der Waals surface area (Å²) in [4.78, 5) is 0. The van der Waals surface area contributed by atoms with Gasteiger partial charge in [-0.1, -0.05) is 66.8 Å². The molecular weight excluding hydrogens is 335 g/mol. The quantitative estimate of drug-likeness (QED) is 0.408. The van der Waals surface area contributed by atoms with Crippen molar-refractivity contribution in [3.63, 3.8) is 0 Å². The van der Waals surface area contributed by atoms with Crippen molar-refractivity contribution in [1.82, 2.24) is 0 Å². The van der Waals surface area contributed by atoms with Crippen LogP contribution in [0.5, 0.6) is 5.75 Å². The van der Waals surface area contributed by atoms with E-state index in [-0.39, 0.29) is 5.82 Å². The molecule has 0 amide bonds.